The van der Waals surface area contributed by atoms with Crippen LogP contribution in [0, 0.1) is 11.8 Å². The van der Waals surface area contributed by atoms with Crippen LogP contribution in [0.5, 0.6) is 0 Å². The monoisotopic (exact) mass is 200 g/mol. The minimum absolute atomic E-state index is 0.373. The molecule has 0 N–H and O–H groups in total. The Balaban J connectivity index is 2.23. The SMILES string of the molecule is O=C/C=C/COCC#Cc1ccccc1. The molecule has 0 saturated heterocycles. The number of carbonyl (C=O) groups excluding carboxylic acids is 1. The standard InChI is InChI=1S/C13H12O2/c14-10-4-5-11-15-12-6-9-13-7-2-1-3-8-13/h1-5,7-8,10H,11-12H2/b5-4+. The highest BCUT2D eigenvalue weighted by molar-refractivity contribution is 5.64. The van der Waals surface area contributed by atoms with Gasteiger partial charge in [0.2, 0.25) is 0 Å². The van der Waals surface area contributed by atoms with Gasteiger partial charge in [0, 0.05) is 5.56 Å². The Morgan fingerprint density at radius 3 is 2.80 bits per heavy atom. The van der Waals surface area contributed by atoms with Crippen LogP contribution in [0.25, 0.3) is 0 Å². The van der Waals surface area contributed by atoms with Gasteiger partial charge < -0.3 is 4.74 Å². The van der Waals surface area contributed by atoms with Crippen molar-refractivity contribution in [1.29, 1.82) is 0 Å². The molecular weight excluding hydrogens is 188 g/mol. The third-order valence-electron chi connectivity index (χ3n) is 1.61. The largest absolute Gasteiger partial charge is 0.365 e. The third-order valence-corrected chi connectivity index (χ3v) is 1.61. The summed E-state index contributed by atoms with van der Waals surface area (Å²) in [6, 6.07) is 9.72. The van der Waals surface area contributed by atoms with Gasteiger partial charge in [0.15, 0.2) is 0 Å². The molecule has 15 heavy (non-hydrogen) atoms. The molecule has 0 spiro atoms. The summed E-state index contributed by atoms with van der Waals surface area (Å²) < 4.78 is 5.14. The van der Waals surface area contributed by atoms with Crippen molar-refractivity contribution in [3.63, 3.8) is 0 Å². The molecule has 0 heterocycles. The van der Waals surface area contributed by atoms with Crippen LogP contribution in [0.3, 0.4) is 0 Å². The highest BCUT2D eigenvalue weighted by atomic mass is 16.5. The second-order valence-electron chi connectivity index (χ2n) is 2.75. The lowest BCUT2D eigenvalue weighted by molar-refractivity contribution is -0.104. The van der Waals surface area contributed by atoms with E-state index in [-0.39, 0.29) is 0 Å². The van der Waals surface area contributed by atoms with Gasteiger partial charge in [-0.3, -0.25) is 4.79 Å². The van der Waals surface area contributed by atoms with Crippen molar-refractivity contribution >= 4 is 6.29 Å². The van der Waals surface area contributed by atoms with Gasteiger partial charge in [-0.15, -0.1) is 0 Å². The first-order chi connectivity index (χ1) is 7.43. The van der Waals surface area contributed by atoms with E-state index in [9.17, 15) is 4.79 Å². The first kappa shape index (κ1) is 11.2. The van der Waals surface area contributed by atoms with Crippen molar-refractivity contribution in [2.45, 2.75) is 0 Å². The Hall–Kier alpha value is -1.85. The fourth-order valence-corrected chi connectivity index (χ4v) is 0.949. The van der Waals surface area contributed by atoms with E-state index in [1.807, 2.05) is 30.3 Å². The molecule has 0 fully saturated rings. The molecule has 0 saturated carbocycles. The summed E-state index contributed by atoms with van der Waals surface area (Å²) in [4.78, 5) is 9.91. The van der Waals surface area contributed by atoms with Crippen molar-refractivity contribution < 1.29 is 9.53 Å². The fraction of sp³-hybridized carbons (Fsp3) is 0.154. The predicted molar refractivity (Wildman–Crippen MR) is 59.3 cm³/mol. The Morgan fingerprint density at radius 2 is 2.07 bits per heavy atom. The number of aldehydes is 1. The quantitative estimate of drug-likeness (QED) is 0.321. The second kappa shape index (κ2) is 7.54. The van der Waals surface area contributed by atoms with Gasteiger partial charge in [-0.2, -0.15) is 0 Å². The Bertz CT molecular complexity index is 369. The van der Waals surface area contributed by atoms with Crippen LogP contribution in [0.15, 0.2) is 42.5 Å². The highest BCUT2D eigenvalue weighted by Crippen LogP contribution is 1.94. The van der Waals surface area contributed by atoms with E-state index in [2.05, 4.69) is 11.8 Å². The summed E-state index contributed by atoms with van der Waals surface area (Å²) in [7, 11) is 0. The van der Waals surface area contributed by atoms with Crippen LogP contribution in [-0.4, -0.2) is 19.5 Å². The number of hydrogen-bond donors (Lipinski definition) is 0. The average Bonchev–Trinajstić information content (AvgIpc) is 2.29. The molecular formula is C13H12O2. The lowest BCUT2D eigenvalue weighted by Gasteiger charge is -1.91. The van der Waals surface area contributed by atoms with Crippen LogP contribution < -0.4 is 0 Å². The zero-order valence-corrected chi connectivity index (χ0v) is 8.35. The number of carbonyl (C=O) groups is 1. The van der Waals surface area contributed by atoms with Crippen LogP contribution in [0.1, 0.15) is 5.56 Å². The molecule has 0 aliphatic heterocycles. The zero-order chi connectivity index (χ0) is 10.8. The normalized spacial score (nSPS) is 9.60. The van der Waals surface area contributed by atoms with Crippen LogP contribution >= 0.6 is 0 Å². The number of hydrogen-bond acceptors (Lipinski definition) is 2. The molecule has 0 unspecified atom stereocenters. The lowest BCUT2D eigenvalue weighted by Crippen LogP contribution is -1.90. The minimum atomic E-state index is 0.373. The van der Waals surface area contributed by atoms with Crippen molar-refractivity contribution in [3.8, 4) is 11.8 Å². The van der Waals surface area contributed by atoms with Crippen LogP contribution in [0.4, 0.5) is 0 Å². The highest BCUT2D eigenvalue weighted by Gasteiger charge is 1.81. The number of ether oxygens (including phenoxy) is 1. The molecule has 2 nitrogen and oxygen atoms in total. The van der Waals surface area contributed by atoms with Crippen molar-refractivity contribution in [2.75, 3.05) is 13.2 Å². The topological polar surface area (TPSA) is 26.3 Å². The molecule has 1 aromatic rings. The van der Waals surface area contributed by atoms with E-state index in [1.165, 1.54) is 6.08 Å². The molecule has 76 valence electrons. The van der Waals surface area contributed by atoms with E-state index in [4.69, 9.17) is 4.74 Å². The van der Waals surface area contributed by atoms with Gasteiger partial charge >= 0.3 is 0 Å². The van der Waals surface area contributed by atoms with E-state index in [0.717, 1.165) is 11.8 Å². The first-order valence-electron chi connectivity index (χ1n) is 4.65. The van der Waals surface area contributed by atoms with Gasteiger partial charge in [0.1, 0.15) is 12.9 Å². The second-order valence-corrected chi connectivity index (χ2v) is 2.75. The molecule has 0 radical (unpaired) electrons. The lowest BCUT2D eigenvalue weighted by atomic mass is 10.2. The zero-order valence-electron chi connectivity index (χ0n) is 8.35. The summed E-state index contributed by atoms with van der Waals surface area (Å²) >= 11 is 0. The number of benzene rings is 1. The predicted octanol–water partition coefficient (Wildman–Crippen LogP) is 1.81. The van der Waals surface area contributed by atoms with Crippen molar-refractivity contribution in [1.82, 2.24) is 0 Å². The Morgan fingerprint density at radius 1 is 1.27 bits per heavy atom. The van der Waals surface area contributed by atoms with Gasteiger partial charge in [-0.25, -0.2) is 0 Å². The molecule has 2 heteroatoms. The Labute approximate surface area is 89.6 Å². The van der Waals surface area contributed by atoms with Gasteiger partial charge in [-0.1, -0.05) is 36.1 Å². The summed E-state index contributed by atoms with van der Waals surface area (Å²) in [5, 5.41) is 0. The number of rotatable bonds is 4. The molecule has 0 atom stereocenters. The van der Waals surface area contributed by atoms with E-state index >= 15 is 0 Å². The van der Waals surface area contributed by atoms with Gasteiger partial charge in [0.05, 0.1) is 6.61 Å². The first-order valence-corrected chi connectivity index (χ1v) is 4.65. The van der Waals surface area contributed by atoms with Crippen molar-refractivity contribution in [2.24, 2.45) is 0 Å². The smallest absolute Gasteiger partial charge is 0.142 e. The minimum Gasteiger partial charge on any atom is -0.365 e. The molecule has 0 aliphatic carbocycles. The van der Waals surface area contributed by atoms with Gasteiger partial charge in [0.25, 0.3) is 0 Å². The fourth-order valence-electron chi connectivity index (χ4n) is 0.949. The molecule has 0 aromatic heterocycles. The van der Waals surface area contributed by atoms with E-state index in [1.54, 1.807) is 6.08 Å². The number of allylic oxidation sites excluding steroid dienone is 1. The molecule has 1 aromatic carbocycles. The van der Waals surface area contributed by atoms with E-state index < -0.39 is 0 Å². The third kappa shape index (κ3) is 5.45. The van der Waals surface area contributed by atoms with Crippen LogP contribution in [-0.2, 0) is 9.53 Å². The molecule has 0 aliphatic rings. The molecule has 0 bridgehead atoms. The molecule has 0 amide bonds. The van der Waals surface area contributed by atoms with E-state index in [0.29, 0.717) is 13.2 Å². The maximum absolute atomic E-state index is 9.91. The van der Waals surface area contributed by atoms with Gasteiger partial charge in [-0.05, 0) is 18.2 Å². The van der Waals surface area contributed by atoms with Crippen molar-refractivity contribution in [3.05, 3.63) is 48.0 Å². The Kier molecular flexibility index (Phi) is 5.65. The van der Waals surface area contributed by atoms with Crippen LogP contribution in [0.2, 0.25) is 0 Å². The summed E-state index contributed by atoms with van der Waals surface area (Å²) in [5.74, 6) is 5.85. The average molecular weight is 200 g/mol. The summed E-state index contributed by atoms with van der Waals surface area (Å²) in [6.07, 6.45) is 3.78. The maximum Gasteiger partial charge on any atom is 0.142 e. The summed E-state index contributed by atoms with van der Waals surface area (Å²) in [6.45, 7) is 0.792. The molecule has 1 rings (SSSR count). The maximum atomic E-state index is 9.91. The summed E-state index contributed by atoms with van der Waals surface area (Å²) in [5.41, 5.74) is 0.976.